The van der Waals surface area contributed by atoms with Crippen molar-refractivity contribution in [3.63, 3.8) is 0 Å². The van der Waals surface area contributed by atoms with Crippen LogP contribution in [0.5, 0.6) is 5.75 Å². The highest BCUT2D eigenvalue weighted by molar-refractivity contribution is 6.09. The first-order chi connectivity index (χ1) is 12.3. The lowest BCUT2D eigenvalue weighted by Crippen LogP contribution is -2.37. The summed E-state index contributed by atoms with van der Waals surface area (Å²) in [7, 11) is 1.94. The zero-order chi connectivity index (χ0) is 18.6. The average Bonchev–Trinajstić information content (AvgIpc) is 3.03. The number of carbonyl (C=O) groups is 1. The number of anilines is 1. The number of phenols is 1. The van der Waals surface area contributed by atoms with E-state index in [9.17, 15) is 15.0 Å². The number of aromatic hydroxyl groups is 1. The van der Waals surface area contributed by atoms with Crippen molar-refractivity contribution in [2.45, 2.75) is 19.3 Å². The molecule has 0 aliphatic carbocycles. The number of fused-ring (bicyclic) bond motifs is 2. The highest BCUT2D eigenvalue weighted by Gasteiger charge is 2.44. The minimum absolute atomic E-state index is 0.00406. The van der Waals surface area contributed by atoms with Gasteiger partial charge in [0, 0.05) is 19.2 Å². The van der Waals surface area contributed by atoms with Gasteiger partial charge in [0.2, 0.25) is 5.91 Å². The second-order valence-corrected chi connectivity index (χ2v) is 7.20. The number of aryl methyl sites for hydroxylation is 1. The molecule has 0 saturated heterocycles. The molecule has 1 amide bonds. The molecule has 2 heterocycles. The number of phenolic OH excluding ortho intramolecular Hbond substituents is 1. The predicted octanol–water partition coefficient (Wildman–Crippen LogP) is 2.56. The predicted molar refractivity (Wildman–Crippen MR) is 100 cm³/mol. The minimum Gasteiger partial charge on any atom is -0.508 e. The molecule has 2 N–H and O–H groups in total. The first-order valence-electron chi connectivity index (χ1n) is 8.58. The Hall–Kier alpha value is -2.86. The van der Waals surface area contributed by atoms with Crippen LogP contribution in [0.1, 0.15) is 19.4 Å². The molecule has 6 heteroatoms. The average molecular weight is 351 g/mol. The Bertz CT molecular complexity index is 1020. The third-order valence-corrected chi connectivity index (χ3v) is 5.19. The highest BCUT2D eigenvalue weighted by Crippen LogP contribution is 2.43. The Morgan fingerprint density at radius 2 is 1.85 bits per heavy atom. The van der Waals surface area contributed by atoms with E-state index in [1.54, 1.807) is 17.0 Å². The van der Waals surface area contributed by atoms with Crippen LogP contribution >= 0.6 is 0 Å². The van der Waals surface area contributed by atoms with E-state index in [1.807, 2.05) is 49.7 Å². The van der Waals surface area contributed by atoms with E-state index >= 15 is 0 Å². The molecule has 1 aromatic heterocycles. The summed E-state index contributed by atoms with van der Waals surface area (Å²) in [6.07, 6.45) is 0. The van der Waals surface area contributed by atoms with Crippen LogP contribution in [-0.2, 0) is 17.3 Å². The van der Waals surface area contributed by atoms with E-state index in [-0.39, 0.29) is 24.8 Å². The number of aromatic nitrogens is 2. The fourth-order valence-corrected chi connectivity index (χ4v) is 3.70. The second kappa shape index (κ2) is 5.57. The van der Waals surface area contributed by atoms with Crippen LogP contribution < -0.4 is 4.90 Å². The number of β-amino-alcohol motifs (C(OH)–C–C–N with tert-alkyl or cyclic N) is 1. The van der Waals surface area contributed by atoms with E-state index in [0.29, 0.717) is 0 Å². The van der Waals surface area contributed by atoms with E-state index in [0.717, 1.165) is 33.7 Å². The summed E-state index contributed by atoms with van der Waals surface area (Å²) in [4.78, 5) is 19.1. The maximum atomic E-state index is 12.7. The van der Waals surface area contributed by atoms with Gasteiger partial charge >= 0.3 is 0 Å². The van der Waals surface area contributed by atoms with Gasteiger partial charge in [-0.3, -0.25) is 4.79 Å². The molecule has 3 aromatic rings. The molecular formula is C20H21N3O3. The number of amides is 1. The smallest absolute Gasteiger partial charge is 0.237 e. The van der Waals surface area contributed by atoms with Gasteiger partial charge in [0.05, 0.1) is 28.7 Å². The fraction of sp³-hybridized carbons (Fsp3) is 0.300. The lowest BCUT2D eigenvalue weighted by atomic mass is 9.86. The zero-order valence-electron chi connectivity index (χ0n) is 15.0. The molecule has 6 nitrogen and oxygen atoms in total. The summed E-state index contributed by atoms with van der Waals surface area (Å²) in [6.45, 7) is 4.02. The summed E-state index contributed by atoms with van der Waals surface area (Å²) in [5.74, 6) is 1.00. The number of carbonyl (C=O) groups excluding carboxylic acids is 1. The van der Waals surface area contributed by atoms with E-state index < -0.39 is 5.41 Å². The molecule has 4 rings (SSSR count). The Morgan fingerprint density at radius 1 is 1.15 bits per heavy atom. The van der Waals surface area contributed by atoms with Gasteiger partial charge in [-0.2, -0.15) is 0 Å². The van der Waals surface area contributed by atoms with Crippen LogP contribution in [0.3, 0.4) is 0 Å². The Kier molecular flexibility index (Phi) is 3.56. The van der Waals surface area contributed by atoms with Crippen molar-refractivity contribution in [1.82, 2.24) is 9.55 Å². The number of hydrogen-bond acceptors (Lipinski definition) is 4. The SMILES string of the molecule is Cn1c(-c2ccc(O)cc2)nc2cc3c(cc21)C(C)(C)C(=O)N3CCO. The molecule has 1 aliphatic rings. The van der Waals surface area contributed by atoms with Gasteiger partial charge in [0.15, 0.2) is 0 Å². The van der Waals surface area contributed by atoms with E-state index in [2.05, 4.69) is 0 Å². The Labute approximate surface area is 151 Å². The molecule has 0 bridgehead atoms. The second-order valence-electron chi connectivity index (χ2n) is 7.20. The van der Waals surface area contributed by atoms with E-state index in [4.69, 9.17) is 4.98 Å². The van der Waals surface area contributed by atoms with Crippen LogP contribution in [0, 0.1) is 0 Å². The normalized spacial score (nSPS) is 15.7. The zero-order valence-corrected chi connectivity index (χ0v) is 15.0. The largest absolute Gasteiger partial charge is 0.508 e. The molecule has 0 radical (unpaired) electrons. The molecule has 0 fully saturated rings. The summed E-state index contributed by atoms with van der Waals surface area (Å²) >= 11 is 0. The minimum atomic E-state index is -0.637. The van der Waals surface area contributed by atoms with Crippen molar-refractivity contribution in [2.24, 2.45) is 7.05 Å². The Morgan fingerprint density at radius 3 is 2.50 bits per heavy atom. The van der Waals surface area contributed by atoms with Crippen LogP contribution in [0.2, 0.25) is 0 Å². The van der Waals surface area contributed by atoms with E-state index in [1.165, 1.54) is 0 Å². The van der Waals surface area contributed by atoms with Gasteiger partial charge < -0.3 is 19.7 Å². The molecule has 0 atom stereocenters. The molecule has 0 unspecified atom stereocenters. The summed E-state index contributed by atoms with van der Waals surface area (Å²) in [6, 6.07) is 10.9. The Balaban J connectivity index is 1.92. The molecule has 26 heavy (non-hydrogen) atoms. The summed E-state index contributed by atoms with van der Waals surface area (Å²) in [5, 5.41) is 18.8. The van der Waals surface area contributed by atoms with Crippen molar-refractivity contribution in [3.8, 4) is 17.1 Å². The van der Waals surface area contributed by atoms with Crippen LogP contribution in [0.15, 0.2) is 36.4 Å². The lowest BCUT2D eigenvalue weighted by Gasteiger charge is -2.19. The van der Waals surface area contributed by atoms with Crippen LogP contribution in [0.25, 0.3) is 22.4 Å². The quantitative estimate of drug-likeness (QED) is 0.760. The molecule has 2 aromatic carbocycles. The molecule has 0 saturated carbocycles. The number of benzene rings is 2. The van der Waals surface area contributed by atoms with Gasteiger partial charge in [0.1, 0.15) is 11.6 Å². The third-order valence-electron chi connectivity index (χ3n) is 5.19. The maximum absolute atomic E-state index is 12.7. The van der Waals surface area contributed by atoms with Crippen LogP contribution in [0.4, 0.5) is 5.69 Å². The summed E-state index contributed by atoms with van der Waals surface area (Å²) < 4.78 is 2.00. The van der Waals surface area contributed by atoms with Gasteiger partial charge in [-0.25, -0.2) is 4.98 Å². The third kappa shape index (κ3) is 2.22. The molecule has 0 spiro atoms. The number of hydrogen-bond donors (Lipinski definition) is 2. The van der Waals surface area contributed by atoms with Gasteiger partial charge in [-0.1, -0.05) is 0 Å². The first-order valence-corrected chi connectivity index (χ1v) is 8.58. The van der Waals surface area contributed by atoms with Gasteiger partial charge in [-0.15, -0.1) is 0 Å². The van der Waals surface area contributed by atoms with Crippen LogP contribution in [-0.4, -0.2) is 38.8 Å². The standard InChI is InChI=1S/C20H21N3O3/c1-20(2)14-10-17-15(11-16(14)23(8-9-24)19(20)26)21-18(22(17)3)12-4-6-13(25)7-5-12/h4-7,10-11,24-25H,8-9H2,1-3H3. The number of aliphatic hydroxyl groups is 1. The molecule has 134 valence electrons. The lowest BCUT2D eigenvalue weighted by molar-refractivity contribution is -0.122. The van der Waals surface area contributed by atoms with Gasteiger partial charge in [-0.05, 0) is 55.8 Å². The van der Waals surface area contributed by atoms with Crippen molar-refractivity contribution in [3.05, 3.63) is 42.0 Å². The maximum Gasteiger partial charge on any atom is 0.237 e. The van der Waals surface area contributed by atoms with Gasteiger partial charge in [0.25, 0.3) is 0 Å². The molecular weight excluding hydrogens is 330 g/mol. The number of nitrogens with zero attached hydrogens (tertiary/aromatic N) is 3. The first kappa shape index (κ1) is 16.6. The summed E-state index contributed by atoms with van der Waals surface area (Å²) in [5.41, 5.74) is 3.77. The van der Waals surface area contributed by atoms with Crippen molar-refractivity contribution < 1.29 is 15.0 Å². The molecule has 1 aliphatic heterocycles. The van der Waals surface area contributed by atoms with Crippen molar-refractivity contribution >= 4 is 22.6 Å². The fourth-order valence-electron chi connectivity index (χ4n) is 3.70. The number of rotatable bonds is 3. The highest BCUT2D eigenvalue weighted by atomic mass is 16.3. The van der Waals surface area contributed by atoms with Crippen molar-refractivity contribution in [2.75, 3.05) is 18.1 Å². The topological polar surface area (TPSA) is 78.6 Å². The monoisotopic (exact) mass is 351 g/mol. The number of imidazole rings is 1. The van der Waals surface area contributed by atoms with Crippen molar-refractivity contribution in [1.29, 1.82) is 0 Å². The number of aliphatic hydroxyl groups excluding tert-OH is 1.